The van der Waals surface area contributed by atoms with Crippen LogP contribution in [0.1, 0.15) is 37.5 Å². The van der Waals surface area contributed by atoms with E-state index in [0.717, 1.165) is 0 Å². The Morgan fingerprint density at radius 1 is 1.22 bits per heavy atom. The second kappa shape index (κ2) is 7.59. The Morgan fingerprint density at radius 2 is 1.89 bits per heavy atom. The first-order valence-electron chi connectivity index (χ1n) is 8.49. The number of rotatable bonds is 7. The van der Waals surface area contributed by atoms with Crippen LogP contribution in [0.25, 0.3) is 5.52 Å². The SMILES string of the molecule is N#CC1OC(c2ccc3c(N)ncnn23)C(CCC(=O)O)C1CCC(=O)O. The number of nitrogen functional groups attached to an aromatic ring is 1. The van der Waals surface area contributed by atoms with E-state index in [4.69, 9.17) is 20.7 Å². The second-order valence-electron chi connectivity index (χ2n) is 6.50. The molecule has 0 aliphatic carbocycles. The minimum Gasteiger partial charge on any atom is -0.481 e. The number of nitrogens with zero attached hydrogens (tertiary/aromatic N) is 4. The van der Waals surface area contributed by atoms with Gasteiger partial charge >= 0.3 is 11.9 Å². The quantitative estimate of drug-likeness (QED) is 0.647. The molecular formula is C17H19N5O5. The Labute approximate surface area is 154 Å². The molecule has 3 heterocycles. The Morgan fingerprint density at radius 3 is 2.52 bits per heavy atom. The first-order chi connectivity index (χ1) is 12.9. The average molecular weight is 373 g/mol. The zero-order valence-electron chi connectivity index (χ0n) is 14.4. The molecule has 27 heavy (non-hydrogen) atoms. The van der Waals surface area contributed by atoms with Crippen LogP contribution in [0.5, 0.6) is 0 Å². The highest BCUT2D eigenvalue weighted by atomic mass is 16.5. The number of carboxylic acid groups (broad SMARTS) is 2. The van der Waals surface area contributed by atoms with Gasteiger partial charge in [-0.05, 0) is 30.9 Å². The number of nitriles is 1. The Kier molecular flexibility index (Phi) is 5.23. The van der Waals surface area contributed by atoms with Crippen LogP contribution in [0.4, 0.5) is 5.82 Å². The lowest BCUT2D eigenvalue weighted by molar-refractivity contribution is -0.138. The van der Waals surface area contributed by atoms with Gasteiger partial charge in [0.1, 0.15) is 24.1 Å². The number of carboxylic acids is 2. The van der Waals surface area contributed by atoms with Crippen molar-refractivity contribution in [2.45, 2.75) is 37.9 Å². The fourth-order valence-electron chi connectivity index (χ4n) is 3.72. The van der Waals surface area contributed by atoms with Crippen LogP contribution in [0.3, 0.4) is 0 Å². The summed E-state index contributed by atoms with van der Waals surface area (Å²) in [6.07, 6.45) is 0.156. The van der Waals surface area contributed by atoms with E-state index in [1.807, 2.05) is 0 Å². The van der Waals surface area contributed by atoms with Gasteiger partial charge in [0, 0.05) is 18.8 Å². The van der Waals surface area contributed by atoms with E-state index in [9.17, 15) is 14.9 Å². The van der Waals surface area contributed by atoms with Crippen molar-refractivity contribution in [3.63, 3.8) is 0 Å². The fourth-order valence-corrected chi connectivity index (χ4v) is 3.72. The Hall–Kier alpha value is -3.19. The molecule has 4 atom stereocenters. The molecule has 0 amide bonds. The molecule has 0 spiro atoms. The number of hydrogen-bond donors (Lipinski definition) is 3. The van der Waals surface area contributed by atoms with Crippen LogP contribution in [-0.4, -0.2) is 42.9 Å². The molecule has 0 radical (unpaired) electrons. The molecule has 0 saturated carbocycles. The number of aromatic nitrogens is 3. The van der Waals surface area contributed by atoms with Gasteiger partial charge < -0.3 is 20.7 Å². The van der Waals surface area contributed by atoms with Gasteiger partial charge in [0.15, 0.2) is 5.82 Å². The highest BCUT2D eigenvalue weighted by Crippen LogP contribution is 2.46. The van der Waals surface area contributed by atoms with E-state index in [1.54, 1.807) is 16.6 Å². The maximum atomic E-state index is 11.1. The van der Waals surface area contributed by atoms with E-state index in [2.05, 4.69) is 16.2 Å². The number of nitrogens with two attached hydrogens (primary N) is 1. The maximum Gasteiger partial charge on any atom is 0.303 e. The number of anilines is 1. The van der Waals surface area contributed by atoms with Crippen molar-refractivity contribution in [1.82, 2.24) is 14.6 Å². The van der Waals surface area contributed by atoms with Crippen LogP contribution in [0.2, 0.25) is 0 Å². The van der Waals surface area contributed by atoms with Crippen molar-refractivity contribution in [1.29, 1.82) is 5.26 Å². The van der Waals surface area contributed by atoms with E-state index >= 15 is 0 Å². The average Bonchev–Trinajstić information content (AvgIpc) is 3.19. The third kappa shape index (κ3) is 3.68. The summed E-state index contributed by atoms with van der Waals surface area (Å²) in [7, 11) is 0. The first kappa shape index (κ1) is 18.6. The lowest BCUT2D eigenvalue weighted by Gasteiger charge is -2.22. The number of ether oxygens (including phenoxy) is 1. The molecular weight excluding hydrogens is 354 g/mol. The smallest absolute Gasteiger partial charge is 0.303 e. The minimum atomic E-state index is -0.972. The molecule has 4 unspecified atom stereocenters. The van der Waals surface area contributed by atoms with Crippen molar-refractivity contribution >= 4 is 23.3 Å². The van der Waals surface area contributed by atoms with Gasteiger partial charge in [-0.25, -0.2) is 9.50 Å². The molecule has 2 aromatic rings. The third-order valence-electron chi connectivity index (χ3n) is 4.93. The van der Waals surface area contributed by atoms with Crippen LogP contribution >= 0.6 is 0 Å². The van der Waals surface area contributed by atoms with Gasteiger partial charge in [-0.3, -0.25) is 9.59 Å². The van der Waals surface area contributed by atoms with Crippen LogP contribution < -0.4 is 5.73 Å². The summed E-state index contributed by atoms with van der Waals surface area (Å²) in [6.45, 7) is 0. The van der Waals surface area contributed by atoms with Crippen molar-refractivity contribution in [3.8, 4) is 6.07 Å². The first-order valence-corrected chi connectivity index (χ1v) is 8.49. The lowest BCUT2D eigenvalue weighted by Crippen LogP contribution is -2.22. The van der Waals surface area contributed by atoms with Gasteiger partial charge in [-0.1, -0.05) is 0 Å². The third-order valence-corrected chi connectivity index (χ3v) is 4.93. The molecule has 0 bridgehead atoms. The fraction of sp³-hybridized carbons (Fsp3) is 0.471. The molecule has 10 nitrogen and oxygen atoms in total. The van der Waals surface area contributed by atoms with Gasteiger partial charge in [0.05, 0.1) is 11.8 Å². The number of hydrogen-bond acceptors (Lipinski definition) is 7. The molecule has 4 N–H and O–H groups in total. The van der Waals surface area contributed by atoms with E-state index in [-0.39, 0.29) is 43.3 Å². The van der Waals surface area contributed by atoms with E-state index in [0.29, 0.717) is 11.2 Å². The predicted molar refractivity (Wildman–Crippen MR) is 91.3 cm³/mol. The zero-order valence-corrected chi connectivity index (χ0v) is 14.4. The van der Waals surface area contributed by atoms with Gasteiger partial charge in [0.2, 0.25) is 0 Å². The van der Waals surface area contributed by atoms with Crippen LogP contribution in [-0.2, 0) is 14.3 Å². The summed E-state index contributed by atoms with van der Waals surface area (Å²) in [6, 6.07) is 5.56. The van der Waals surface area contributed by atoms with Crippen molar-refractivity contribution in [3.05, 3.63) is 24.2 Å². The molecule has 142 valence electrons. The highest BCUT2D eigenvalue weighted by molar-refractivity contribution is 5.67. The largest absolute Gasteiger partial charge is 0.481 e. The Balaban J connectivity index is 1.97. The highest BCUT2D eigenvalue weighted by Gasteiger charge is 2.46. The van der Waals surface area contributed by atoms with Gasteiger partial charge in [0.25, 0.3) is 0 Å². The number of carbonyl (C=O) groups is 2. The monoisotopic (exact) mass is 373 g/mol. The normalized spacial score (nSPS) is 24.7. The van der Waals surface area contributed by atoms with Gasteiger partial charge in [-0.15, -0.1) is 0 Å². The summed E-state index contributed by atoms with van der Waals surface area (Å²) >= 11 is 0. The molecule has 1 aliphatic heterocycles. The van der Waals surface area contributed by atoms with Crippen molar-refractivity contribution in [2.75, 3.05) is 5.73 Å². The van der Waals surface area contributed by atoms with Crippen LogP contribution in [0.15, 0.2) is 18.5 Å². The molecule has 10 heteroatoms. The van der Waals surface area contributed by atoms with Crippen molar-refractivity contribution < 1.29 is 24.5 Å². The summed E-state index contributed by atoms with van der Waals surface area (Å²) in [5.41, 5.74) is 7.07. The standard InChI is InChI=1S/C17H19N5O5/c18-7-13-9(1-5-14(23)24)10(2-6-15(25)26)16(27-13)11-3-4-12-17(19)20-8-21-22(11)12/h3-4,8-10,13,16H,1-2,5-6H2,(H,23,24)(H,25,26)(H2,19,20,21). The van der Waals surface area contributed by atoms with E-state index in [1.165, 1.54) is 6.33 Å². The zero-order chi connectivity index (χ0) is 19.6. The number of fused-ring (bicyclic) bond motifs is 1. The van der Waals surface area contributed by atoms with Crippen LogP contribution in [0, 0.1) is 23.2 Å². The summed E-state index contributed by atoms with van der Waals surface area (Å²) in [5.74, 6) is -2.37. The minimum absolute atomic E-state index is 0.104. The molecule has 3 rings (SSSR count). The second-order valence-corrected chi connectivity index (χ2v) is 6.50. The predicted octanol–water partition coefficient (Wildman–Crippen LogP) is 1.24. The van der Waals surface area contributed by atoms with Gasteiger partial charge in [-0.2, -0.15) is 10.4 Å². The molecule has 1 fully saturated rings. The summed E-state index contributed by atoms with van der Waals surface area (Å²) in [5, 5.41) is 31.7. The van der Waals surface area contributed by atoms with Crippen molar-refractivity contribution in [2.24, 2.45) is 11.8 Å². The molecule has 2 aromatic heterocycles. The summed E-state index contributed by atoms with van der Waals surface area (Å²) in [4.78, 5) is 26.0. The molecule has 1 saturated heterocycles. The molecule has 1 aliphatic rings. The topological polar surface area (TPSA) is 164 Å². The molecule has 0 aromatic carbocycles. The summed E-state index contributed by atoms with van der Waals surface area (Å²) < 4.78 is 7.49. The maximum absolute atomic E-state index is 11.1. The number of aliphatic carboxylic acids is 2. The Bertz CT molecular complexity index is 905. The lowest BCUT2D eigenvalue weighted by atomic mass is 9.80. The van der Waals surface area contributed by atoms with E-state index < -0.39 is 24.1 Å².